The van der Waals surface area contributed by atoms with Crippen LogP contribution in [0.2, 0.25) is 0 Å². The zero-order chi connectivity index (χ0) is 12.5. The number of likely N-dealkylation sites (N-methyl/N-ethyl adjacent to an activating group) is 1. The van der Waals surface area contributed by atoms with Gasteiger partial charge in [0.1, 0.15) is 0 Å². The van der Waals surface area contributed by atoms with Crippen molar-refractivity contribution >= 4 is 11.8 Å². The summed E-state index contributed by atoms with van der Waals surface area (Å²) in [6.07, 6.45) is 5.33. The lowest BCUT2D eigenvalue weighted by Gasteiger charge is -2.50. The lowest BCUT2D eigenvalue weighted by molar-refractivity contribution is 0.0157. The normalized spacial score (nSPS) is 43.2. The highest BCUT2D eigenvalue weighted by Crippen LogP contribution is 2.41. The average molecular weight is 256 g/mol. The van der Waals surface area contributed by atoms with E-state index in [4.69, 9.17) is 5.73 Å². The van der Waals surface area contributed by atoms with E-state index < -0.39 is 0 Å². The molecule has 2 aliphatic rings. The quantitative estimate of drug-likeness (QED) is 0.841. The maximum absolute atomic E-state index is 6.18. The van der Waals surface area contributed by atoms with Crippen LogP contribution >= 0.6 is 11.8 Å². The molecule has 0 aromatic heterocycles. The molecule has 2 nitrogen and oxygen atoms in total. The van der Waals surface area contributed by atoms with Crippen LogP contribution in [0.25, 0.3) is 0 Å². The number of nitrogens with zero attached hydrogens (tertiary/aromatic N) is 1. The number of hydrogen-bond acceptors (Lipinski definition) is 3. The molecule has 3 heteroatoms. The van der Waals surface area contributed by atoms with Crippen molar-refractivity contribution in [1.82, 2.24) is 4.90 Å². The fourth-order valence-corrected chi connectivity index (χ4v) is 5.32. The van der Waals surface area contributed by atoms with Crippen molar-refractivity contribution in [2.24, 2.45) is 17.6 Å². The largest absolute Gasteiger partial charge is 0.329 e. The molecule has 100 valence electrons. The smallest absolute Gasteiger partial charge is 0.0337 e. The molecule has 1 aliphatic carbocycles. The molecule has 0 amide bonds. The SMILES string of the molecule is CC1CC(C)CC(CN)(N(C)C2CCSC2)C1. The van der Waals surface area contributed by atoms with Crippen molar-refractivity contribution in [2.45, 2.75) is 51.1 Å². The van der Waals surface area contributed by atoms with Gasteiger partial charge in [-0.25, -0.2) is 0 Å². The van der Waals surface area contributed by atoms with Gasteiger partial charge in [0.25, 0.3) is 0 Å². The number of hydrogen-bond donors (Lipinski definition) is 1. The van der Waals surface area contributed by atoms with Crippen LogP contribution < -0.4 is 5.73 Å². The van der Waals surface area contributed by atoms with Gasteiger partial charge in [-0.05, 0) is 50.3 Å². The van der Waals surface area contributed by atoms with E-state index in [0.717, 1.165) is 24.4 Å². The summed E-state index contributed by atoms with van der Waals surface area (Å²) in [5.41, 5.74) is 6.47. The first-order chi connectivity index (χ1) is 8.07. The van der Waals surface area contributed by atoms with Crippen LogP contribution in [-0.2, 0) is 0 Å². The van der Waals surface area contributed by atoms with Gasteiger partial charge in [0.15, 0.2) is 0 Å². The monoisotopic (exact) mass is 256 g/mol. The van der Waals surface area contributed by atoms with Gasteiger partial charge in [0, 0.05) is 23.9 Å². The van der Waals surface area contributed by atoms with Gasteiger partial charge in [-0.1, -0.05) is 13.8 Å². The molecular formula is C14H28N2S. The van der Waals surface area contributed by atoms with Crippen LogP contribution in [0.1, 0.15) is 39.5 Å². The Balaban J connectivity index is 2.11. The van der Waals surface area contributed by atoms with Gasteiger partial charge in [-0.3, -0.25) is 4.90 Å². The minimum atomic E-state index is 0.284. The molecule has 2 fully saturated rings. The Kier molecular flexibility index (Phi) is 4.43. The molecule has 0 spiro atoms. The topological polar surface area (TPSA) is 29.3 Å². The first kappa shape index (κ1) is 13.7. The van der Waals surface area contributed by atoms with Crippen LogP contribution in [0.15, 0.2) is 0 Å². The molecule has 1 aliphatic heterocycles. The van der Waals surface area contributed by atoms with Crippen molar-refractivity contribution in [3.8, 4) is 0 Å². The van der Waals surface area contributed by atoms with E-state index in [1.54, 1.807) is 0 Å². The number of rotatable bonds is 3. The van der Waals surface area contributed by atoms with Crippen LogP contribution in [0.5, 0.6) is 0 Å². The Labute approximate surface area is 111 Å². The van der Waals surface area contributed by atoms with E-state index in [1.807, 2.05) is 0 Å². The molecule has 2 N–H and O–H groups in total. The number of thioether (sulfide) groups is 1. The second-order valence-electron chi connectivity index (χ2n) is 6.41. The lowest BCUT2D eigenvalue weighted by Crippen LogP contribution is -2.59. The second kappa shape index (κ2) is 5.50. The highest BCUT2D eigenvalue weighted by Gasteiger charge is 2.42. The van der Waals surface area contributed by atoms with Gasteiger partial charge in [0.05, 0.1) is 0 Å². The predicted octanol–water partition coefficient (Wildman–Crippen LogP) is 2.58. The van der Waals surface area contributed by atoms with Crippen molar-refractivity contribution in [3.63, 3.8) is 0 Å². The first-order valence-corrected chi connectivity index (χ1v) is 8.23. The molecule has 3 atom stereocenters. The summed E-state index contributed by atoms with van der Waals surface area (Å²) in [6, 6.07) is 0.765. The minimum absolute atomic E-state index is 0.284. The third kappa shape index (κ3) is 2.82. The van der Waals surface area contributed by atoms with Crippen LogP contribution in [0.3, 0.4) is 0 Å². The van der Waals surface area contributed by atoms with Crippen molar-refractivity contribution < 1.29 is 0 Å². The molecule has 1 saturated carbocycles. The third-order valence-electron chi connectivity index (χ3n) is 4.84. The summed E-state index contributed by atoms with van der Waals surface area (Å²) in [5, 5.41) is 0. The average Bonchev–Trinajstić information content (AvgIpc) is 2.79. The summed E-state index contributed by atoms with van der Waals surface area (Å²) < 4.78 is 0. The molecule has 2 rings (SSSR count). The Bertz CT molecular complexity index is 241. The van der Waals surface area contributed by atoms with E-state index in [2.05, 4.69) is 37.6 Å². The van der Waals surface area contributed by atoms with Crippen LogP contribution in [0.4, 0.5) is 0 Å². The fourth-order valence-electron chi connectivity index (χ4n) is 4.05. The summed E-state index contributed by atoms with van der Waals surface area (Å²) in [7, 11) is 2.33. The Morgan fingerprint density at radius 2 is 1.94 bits per heavy atom. The molecule has 0 bridgehead atoms. The molecule has 1 saturated heterocycles. The Hall–Kier alpha value is 0.270. The van der Waals surface area contributed by atoms with Crippen molar-refractivity contribution in [3.05, 3.63) is 0 Å². The second-order valence-corrected chi connectivity index (χ2v) is 7.56. The Morgan fingerprint density at radius 3 is 2.41 bits per heavy atom. The zero-order valence-electron chi connectivity index (χ0n) is 11.6. The third-order valence-corrected chi connectivity index (χ3v) is 5.99. The maximum atomic E-state index is 6.18. The maximum Gasteiger partial charge on any atom is 0.0337 e. The first-order valence-electron chi connectivity index (χ1n) is 7.08. The van der Waals surface area contributed by atoms with E-state index in [-0.39, 0.29) is 5.54 Å². The van der Waals surface area contributed by atoms with Gasteiger partial charge in [-0.2, -0.15) is 11.8 Å². The van der Waals surface area contributed by atoms with Gasteiger partial charge in [0.2, 0.25) is 0 Å². The summed E-state index contributed by atoms with van der Waals surface area (Å²) in [4.78, 5) is 2.65. The highest BCUT2D eigenvalue weighted by atomic mass is 32.2. The lowest BCUT2D eigenvalue weighted by atomic mass is 9.70. The summed E-state index contributed by atoms with van der Waals surface area (Å²) in [5.74, 6) is 4.31. The van der Waals surface area contributed by atoms with Crippen molar-refractivity contribution in [2.75, 3.05) is 25.1 Å². The summed E-state index contributed by atoms with van der Waals surface area (Å²) in [6.45, 7) is 5.63. The highest BCUT2D eigenvalue weighted by molar-refractivity contribution is 7.99. The van der Waals surface area contributed by atoms with Gasteiger partial charge >= 0.3 is 0 Å². The Morgan fingerprint density at radius 1 is 1.29 bits per heavy atom. The van der Waals surface area contributed by atoms with Gasteiger partial charge in [-0.15, -0.1) is 0 Å². The molecule has 0 aromatic rings. The molecule has 0 radical (unpaired) electrons. The van der Waals surface area contributed by atoms with E-state index in [1.165, 1.54) is 37.2 Å². The standard InChI is InChI=1S/C14H28N2S/c1-11-6-12(2)8-14(7-11,10-15)16(3)13-4-5-17-9-13/h11-13H,4-10,15H2,1-3H3. The van der Waals surface area contributed by atoms with Crippen LogP contribution in [-0.4, -0.2) is 41.6 Å². The molecular weight excluding hydrogens is 228 g/mol. The van der Waals surface area contributed by atoms with Gasteiger partial charge < -0.3 is 5.73 Å². The van der Waals surface area contributed by atoms with Crippen LogP contribution in [0, 0.1) is 11.8 Å². The molecule has 3 unspecified atom stereocenters. The minimum Gasteiger partial charge on any atom is -0.329 e. The number of nitrogens with two attached hydrogens (primary N) is 1. The van der Waals surface area contributed by atoms with E-state index in [9.17, 15) is 0 Å². The van der Waals surface area contributed by atoms with E-state index in [0.29, 0.717) is 0 Å². The summed E-state index contributed by atoms with van der Waals surface area (Å²) >= 11 is 2.10. The fraction of sp³-hybridized carbons (Fsp3) is 1.00. The molecule has 1 heterocycles. The van der Waals surface area contributed by atoms with E-state index >= 15 is 0 Å². The molecule has 0 aromatic carbocycles. The predicted molar refractivity (Wildman–Crippen MR) is 77.5 cm³/mol. The zero-order valence-corrected chi connectivity index (χ0v) is 12.4. The molecule has 17 heavy (non-hydrogen) atoms. The van der Waals surface area contributed by atoms with Crippen molar-refractivity contribution in [1.29, 1.82) is 0 Å².